The summed E-state index contributed by atoms with van der Waals surface area (Å²) in [5, 5.41) is 14.2. The fourth-order valence-electron chi connectivity index (χ4n) is 1.59. The summed E-state index contributed by atoms with van der Waals surface area (Å²) in [4.78, 5) is 11.5. The minimum atomic E-state index is -0.301. The van der Waals surface area contributed by atoms with Gasteiger partial charge in [0.15, 0.2) is 0 Å². The van der Waals surface area contributed by atoms with Gasteiger partial charge >= 0.3 is 6.03 Å². The number of amides is 2. The second-order valence-corrected chi connectivity index (χ2v) is 4.45. The largest absolute Gasteiger partial charge is 0.494 e. The van der Waals surface area contributed by atoms with Crippen molar-refractivity contribution in [3.05, 3.63) is 29.3 Å². The van der Waals surface area contributed by atoms with Gasteiger partial charge in [-0.15, -0.1) is 0 Å². The van der Waals surface area contributed by atoms with E-state index in [1.165, 1.54) is 0 Å². The molecule has 0 aliphatic heterocycles. The fourth-order valence-corrected chi connectivity index (χ4v) is 1.59. The maximum atomic E-state index is 11.5. The zero-order valence-electron chi connectivity index (χ0n) is 11.7. The summed E-state index contributed by atoms with van der Waals surface area (Å²) >= 11 is 0. The summed E-state index contributed by atoms with van der Waals surface area (Å²) in [6, 6.07) is 5.31. The van der Waals surface area contributed by atoms with Crippen LogP contribution >= 0.6 is 0 Å². The van der Waals surface area contributed by atoms with E-state index in [4.69, 9.17) is 9.84 Å². The molecule has 1 unspecified atom stereocenters. The van der Waals surface area contributed by atoms with Crippen molar-refractivity contribution < 1.29 is 14.6 Å². The standard InChI is InChI=1S/C14H22N2O3/c1-4-19-13-7-10(2)5-6-12(13)8-15-14(18)16-11(3)9-17/h5-7,11,17H,4,8-9H2,1-3H3,(H2,15,16,18). The number of aryl methyl sites for hydroxylation is 1. The summed E-state index contributed by atoms with van der Waals surface area (Å²) in [5.41, 5.74) is 2.05. The highest BCUT2D eigenvalue weighted by Gasteiger charge is 2.08. The van der Waals surface area contributed by atoms with Crippen molar-refractivity contribution in [2.24, 2.45) is 0 Å². The number of nitrogens with one attached hydrogen (secondary N) is 2. The Morgan fingerprint density at radius 1 is 1.47 bits per heavy atom. The zero-order valence-corrected chi connectivity index (χ0v) is 11.7. The molecule has 1 atom stereocenters. The number of carbonyl (C=O) groups excluding carboxylic acids is 1. The number of carbonyl (C=O) groups is 1. The Labute approximate surface area is 114 Å². The van der Waals surface area contributed by atoms with Crippen LogP contribution in [0.25, 0.3) is 0 Å². The molecule has 19 heavy (non-hydrogen) atoms. The smallest absolute Gasteiger partial charge is 0.315 e. The van der Waals surface area contributed by atoms with Gasteiger partial charge in [-0.1, -0.05) is 12.1 Å². The molecule has 0 bridgehead atoms. The van der Waals surface area contributed by atoms with Crippen LogP contribution in [0.15, 0.2) is 18.2 Å². The molecule has 5 heteroatoms. The molecular formula is C14H22N2O3. The van der Waals surface area contributed by atoms with Crippen molar-refractivity contribution in [3.8, 4) is 5.75 Å². The number of aliphatic hydroxyl groups is 1. The first-order chi connectivity index (χ1) is 9.06. The van der Waals surface area contributed by atoms with E-state index in [-0.39, 0.29) is 18.7 Å². The lowest BCUT2D eigenvalue weighted by Crippen LogP contribution is -2.42. The van der Waals surface area contributed by atoms with Crippen LogP contribution in [0.4, 0.5) is 4.79 Å². The minimum Gasteiger partial charge on any atom is -0.494 e. The second-order valence-electron chi connectivity index (χ2n) is 4.45. The Morgan fingerprint density at radius 2 is 2.21 bits per heavy atom. The third kappa shape index (κ3) is 5.18. The molecule has 0 aliphatic carbocycles. The van der Waals surface area contributed by atoms with Gasteiger partial charge in [0, 0.05) is 12.1 Å². The Morgan fingerprint density at radius 3 is 2.84 bits per heavy atom. The third-order valence-electron chi connectivity index (χ3n) is 2.61. The van der Waals surface area contributed by atoms with Crippen molar-refractivity contribution >= 4 is 6.03 Å². The van der Waals surface area contributed by atoms with Crippen LogP contribution in [-0.4, -0.2) is 30.4 Å². The molecule has 0 aliphatic rings. The average molecular weight is 266 g/mol. The molecule has 0 saturated carbocycles. The summed E-state index contributed by atoms with van der Waals surface area (Å²) < 4.78 is 5.54. The van der Waals surface area contributed by atoms with Gasteiger partial charge in [0.2, 0.25) is 0 Å². The molecule has 0 radical (unpaired) electrons. The number of urea groups is 1. The predicted molar refractivity (Wildman–Crippen MR) is 74.3 cm³/mol. The number of benzene rings is 1. The highest BCUT2D eigenvalue weighted by molar-refractivity contribution is 5.74. The predicted octanol–water partition coefficient (Wildman–Crippen LogP) is 1.57. The lowest BCUT2D eigenvalue weighted by atomic mass is 10.1. The van der Waals surface area contributed by atoms with Crippen LogP contribution in [0, 0.1) is 6.92 Å². The van der Waals surface area contributed by atoms with Crippen LogP contribution in [0.1, 0.15) is 25.0 Å². The molecule has 0 fully saturated rings. The van der Waals surface area contributed by atoms with Crippen LogP contribution < -0.4 is 15.4 Å². The number of hydrogen-bond acceptors (Lipinski definition) is 3. The second kappa shape index (κ2) is 7.63. The maximum absolute atomic E-state index is 11.5. The molecule has 1 rings (SSSR count). The third-order valence-corrected chi connectivity index (χ3v) is 2.61. The molecule has 0 heterocycles. The summed E-state index contributed by atoms with van der Waals surface area (Å²) in [7, 11) is 0. The van der Waals surface area contributed by atoms with Crippen molar-refractivity contribution in [2.75, 3.05) is 13.2 Å². The maximum Gasteiger partial charge on any atom is 0.315 e. The van der Waals surface area contributed by atoms with E-state index in [2.05, 4.69) is 10.6 Å². The van der Waals surface area contributed by atoms with Crippen LogP contribution in [0.3, 0.4) is 0 Å². The molecular weight excluding hydrogens is 244 g/mol. The zero-order chi connectivity index (χ0) is 14.3. The van der Waals surface area contributed by atoms with Gasteiger partial charge in [-0.2, -0.15) is 0 Å². The first-order valence-corrected chi connectivity index (χ1v) is 6.44. The molecule has 0 aromatic heterocycles. The number of rotatable bonds is 6. The Kier molecular flexibility index (Phi) is 6.15. The quantitative estimate of drug-likeness (QED) is 0.732. The number of aliphatic hydroxyl groups excluding tert-OH is 1. The van der Waals surface area contributed by atoms with Crippen LogP contribution in [-0.2, 0) is 6.54 Å². The summed E-state index contributed by atoms with van der Waals surface area (Å²) in [6.07, 6.45) is 0. The summed E-state index contributed by atoms with van der Waals surface area (Å²) in [6.45, 7) is 6.55. The first kappa shape index (κ1) is 15.3. The van der Waals surface area contributed by atoms with Crippen molar-refractivity contribution in [2.45, 2.75) is 33.4 Å². The number of ether oxygens (including phenoxy) is 1. The molecule has 1 aromatic rings. The van der Waals surface area contributed by atoms with Gasteiger partial charge in [0.25, 0.3) is 0 Å². The topological polar surface area (TPSA) is 70.6 Å². The molecule has 3 N–H and O–H groups in total. The lowest BCUT2D eigenvalue weighted by Gasteiger charge is -2.14. The van der Waals surface area contributed by atoms with Gasteiger partial charge < -0.3 is 20.5 Å². The Bertz CT molecular complexity index is 421. The summed E-state index contributed by atoms with van der Waals surface area (Å²) in [5.74, 6) is 0.790. The van der Waals surface area contributed by atoms with Gasteiger partial charge in [-0.3, -0.25) is 0 Å². The van der Waals surface area contributed by atoms with Crippen molar-refractivity contribution in [1.82, 2.24) is 10.6 Å². The fraction of sp³-hybridized carbons (Fsp3) is 0.500. The minimum absolute atomic E-state index is 0.0812. The Hall–Kier alpha value is -1.75. The number of hydrogen-bond donors (Lipinski definition) is 3. The van der Waals surface area contributed by atoms with Crippen LogP contribution in [0.5, 0.6) is 5.75 Å². The van der Waals surface area contributed by atoms with E-state index in [1.807, 2.05) is 32.0 Å². The molecule has 1 aromatic carbocycles. The van der Waals surface area contributed by atoms with Crippen LogP contribution in [0.2, 0.25) is 0 Å². The molecule has 0 saturated heterocycles. The van der Waals surface area contributed by atoms with Gasteiger partial charge in [-0.25, -0.2) is 4.79 Å². The monoisotopic (exact) mass is 266 g/mol. The van der Waals surface area contributed by atoms with E-state index in [0.717, 1.165) is 16.9 Å². The van der Waals surface area contributed by atoms with Gasteiger partial charge in [0.1, 0.15) is 5.75 Å². The van der Waals surface area contributed by atoms with Crippen molar-refractivity contribution in [1.29, 1.82) is 0 Å². The van der Waals surface area contributed by atoms with E-state index in [1.54, 1.807) is 6.92 Å². The van der Waals surface area contributed by atoms with E-state index >= 15 is 0 Å². The molecule has 0 spiro atoms. The highest BCUT2D eigenvalue weighted by Crippen LogP contribution is 2.20. The average Bonchev–Trinajstić information content (AvgIpc) is 2.38. The Balaban J connectivity index is 2.59. The lowest BCUT2D eigenvalue weighted by molar-refractivity contribution is 0.220. The van der Waals surface area contributed by atoms with E-state index in [0.29, 0.717) is 13.2 Å². The first-order valence-electron chi connectivity index (χ1n) is 6.44. The van der Waals surface area contributed by atoms with Gasteiger partial charge in [0.05, 0.1) is 19.3 Å². The SMILES string of the molecule is CCOc1cc(C)ccc1CNC(=O)NC(C)CO. The molecule has 106 valence electrons. The van der Waals surface area contributed by atoms with Crippen molar-refractivity contribution in [3.63, 3.8) is 0 Å². The van der Waals surface area contributed by atoms with E-state index in [9.17, 15) is 4.79 Å². The van der Waals surface area contributed by atoms with E-state index < -0.39 is 0 Å². The molecule has 2 amide bonds. The van der Waals surface area contributed by atoms with Gasteiger partial charge in [-0.05, 0) is 32.4 Å². The highest BCUT2D eigenvalue weighted by atomic mass is 16.5. The normalized spacial score (nSPS) is 11.8. The molecule has 5 nitrogen and oxygen atoms in total.